The molecule has 0 radical (unpaired) electrons. The maximum atomic E-state index is 12.6. The van der Waals surface area contributed by atoms with Crippen molar-refractivity contribution in [3.05, 3.63) is 63.4 Å². The number of hydrogen-bond acceptors (Lipinski definition) is 3. The van der Waals surface area contributed by atoms with Crippen molar-refractivity contribution in [3.8, 4) is 11.3 Å². The van der Waals surface area contributed by atoms with E-state index in [2.05, 4.69) is 31.9 Å². The summed E-state index contributed by atoms with van der Waals surface area (Å²) in [5, 5.41) is 1.66. The molecule has 122 valence electrons. The highest BCUT2D eigenvalue weighted by atomic mass is 79.9. The molecule has 1 fully saturated rings. The van der Waals surface area contributed by atoms with E-state index in [4.69, 9.17) is 4.74 Å². The van der Waals surface area contributed by atoms with Crippen molar-refractivity contribution in [2.75, 3.05) is 31.2 Å². The number of morpholine rings is 1. The van der Waals surface area contributed by atoms with Crippen molar-refractivity contribution in [2.45, 2.75) is 0 Å². The van der Waals surface area contributed by atoms with E-state index in [9.17, 15) is 4.79 Å². The van der Waals surface area contributed by atoms with Gasteiger partial charge in [-0.1, -0.05) is 40.2 Å². The molecule has 0 aliphatic carbocycles. The number of ether oxygens (including phenoxy) is 1. The lowest BCUT2D eigenvalue weighted by Gasteiger charge is -2.29. The van der Waals surface area contributed by atoms with Gasteiger partial charge in [0.1, 0.15) is 0 Å². The lowest BCUT2D eigenvalue weighted by molar-refractivity contribution is 0.122. The largest absolute Gasteiger partial charge is 0.378 e. The lowest BCUT2D eigenvalue weighted by Crippen LogP contribution is -2.36. The summed E-state index contributed by atoms with van der Waals surface area (Å²) in [6.45, 7) is 3.18. The van der Waals surface area contributed by atoms with Crippen LogP contribution in [0.15, 0.2) is 57.8 Å². The first-order chi connectivity index (χ1) is 11.7. The molecule has 1 aromatic heterocycles. The standard InChI is InChI=1S/C19H17BrN2O2/c20-17-4-2-1-3-15(17)18-11-13-5-6-14(12-16(13)19(23)21-18)22-7-9-24-10-8-22/h1-6,11-12H,7-10H2,(H,21,23). The second-order valence-corrected chi connectivity index (χ2v) is 6.72. The van der Waals surface area contributed by atoms with Gasteiger partial charge in [0.2, 0.25) is 0 Å². The SMILES string of the molecule is O=c1[nH]c(-c2ccccc2Br)cc2ccc(N3CCOCC3)cc12. The Morgan fingerprint density at radius 1 is 1.04 bits per heavy atom. The number of aromatic amines is 1. The average molecular weight is 385 g/mol. The van der Waals surface area contributed by atoms with Crippen LogP contribution in [0.5, 0.6) is 0 Å². The third kappa shape index (κ3) is 2.85. The number of H-pyrrole nitrogens is 1. The second kappa shape index (κ2) is 6.42. The summed E-state index contributed by atoms with van der Waals surface area (Å²) in [5.41, 5.74) is 2.81. The summed E-state index contributed by atoms with van der Waals surface area (Å²) >= 11 is 3.54. The van der Waals surface area contributed by atoms with E-state index < -0.39 is 0 Å². The van der Waals surface area contributed by atoms with Gasteiger partial charge in [-0.25, -0.2) is 0 Å². The van der Waals surface area contributed by atoms with Crippen molar-refractivity contribution < 1.29 is 4.74 Å². The molecule has 24 heavy (non-hydrogen) atoms. The minimum absolute atomic E-state index is 0.0617. The van der Waals surface area contributed by atoms with Crippen molar-refractivity contribution in [2.24, 2.45) is 0 Å². The molecule has 1 aliphatic rings. The fourth-order valence-corrected chi connectivity index (χ4v) is 3.59. The summed E-state index contributed by atoms with van der Waals surface area (Å²) < 4.78 is 6.36. The van der Waals surface area contributed by atoms with Crippen LogP contribution in [0.1, 0.15) is 0 Å². The molecular formula is C19H17BrN2O2. The Hall–Kier alpha value is -2.11. The number of pyridine rings is 1. The fraction of sp³-hybridized carbons (Fsp3) is 0.211. The number of fused-ring (bicyclic) bond motifs is 1. The molecule has 0 bridgehead atoms. The molecule has 0 atom stereocenters. The first-order valence-electron chi connectivity index (χ1n) is 7.97. The van der Waals surface area contributed by atoms with E-state index in [0.29, 0.717) is 0 Å². The summed E-state index contributed by atoms with van der Waals surface area (Å²) in [5.74, 6) is 0. The molecule has 1 N–H and O–H groups in total. The van der Waals surface area contributed by atoms with E-state index in [1.54, 1.807) is 0 Å². The smallest absolute Gasteiger partial charge is 0.256 e. The highest BCUT2D eigenvalue weighted by Crippen LogP contribution is 2.28. The van der Waals surface area contributed by atoms with Crippen LogP contribution >= 0.6 is 15.9 Å². The van der Waals surface area contributed by atoms with Crippen molar-refractivity contribution >= 4 is 32.4 Å². The molecule has 1 saturated heterocycles. The van der Waals surface area contributed by atoms with Gasteiger partial charge in [0, 0.05) is 34.2 Å². The molecule has 0 saturated carbocycles. The Morgan fingerprint density at radius 3 is 2.62 bits per heavy atom. The Morgan fingerprint density at radius 2 is 1.83 bits per heavy atom. The average Bonchev–Trinajstić information content (AvgIpc) is 2.62. The van der Waals surface area contributed by atoms with E-state index >= 15 is 0 Å². The van der Waals surface area contributed by atoms with Gasteiger partial charge >= 0.3 is 0 Å². The predicted molar refractivity (Wildman–Crippen MR) is 101 cm³/mol. The zero-order valence-corrected chi connectivity index (χ0v) is 14.7. The molecule has 4 nitrogen and oxygen atoms in total. The molecule has 0 unspecified atom stereocenters. The van der Waals surface area contributed by atoms with Gasteiger partial charge in [-0.05, 0) is 29.7 Å². The third-order valence-corrected chi connectivity index (χ3v) is 5.06. The fourth-order valence-electron chi connectivity index (χ4n) is 3.09. The van der Waals surface area contributed by atoms with Crippen LogP contribution in [0.4, 0.5) is 5.69 Å². The van der Waals surface area contributed by atoms with Crippen molar-refractivity contribution in [1.29, 1.82) is 0 Å². The van der Waals surface area contributed by atoms with Gasteiger partial charge in [-0.2, -0.15) is 0 Å². The van der Waals surface area contributed by atoms with E-state index in [0.717, 1.165) is 58.5 Å². The molecular weight excluding hydrogens is 368 g/mol. The van der Waals surface area contributed by atoms with Gasteiger partial charge in [-0.3, -0.25) is 4.79 Å². The van der Waals surface area contributed by atoms with Gasteiger partial charge in [0.15, 0.2) is 0 Å². The maximum Gasteiger partial charge on any atom is 0.256 e. The van der Waals surface area contributed by atoms with Crippen LogP contribution in [-0.2, 0) is 4.74 Å². The molecule has 0 spiro atoms. The summed E-state index contributed by atoms with van der Waals surface area (Å²) in [6.07, 6.45) is 0. The molecule has 4 rings (SSSR count). The Bertz CT molecular complexity index is 945. The van der Waals surface area contributed by atoms with Crippen LogP contribution < -0.4 is 10.5 Å². The van der Waals surface area contributed by atoms with Gasteiger partial charge in [-0.15, -0.1) is 0 Å². The number of anilines is 1. The topological polar surface area (TPSA) is 45.3 Å². The highest BCUT2D eigenvalue weighted by Gasteiger charge is 2.13. The first-order valence-corrected chi connectivity index (χ1v) is 8.76. The lowest BCUT2D eigenvalue weighted by atomic mass is 10.1. The zero-order valence-electron chi connectivity index (χ0n) is 13.1. The van der Waals surface area contributed by atoms with Crippen LogP contribution in [0.25, 0.3) is 22.0 Å². The highest BCUT2D eigenvalue weighted by molar-refractivity contribution is 9.10. The molecule has 3 aromatic rings. The monoisotopic (exact) mass is 384 g/mol. The molecule has 5 heteroatoms. The normalized spacial score (nSPS) is 15.0. The van der Waals surface area contributed by atoms with Crippen LogP contribution in [0.2, 0.25) is 0 Å². The number of aromatic nitrogens is 1. The zero-order chi connectivity index (χ0) is 16.5. The van der Waals surface area contributed by atoms with Crippen LogP contribution in [0.3, 0.4) is 0 Å². The minimum atomic E-state index is -0.0617. The van der Waals surface area contributed by atoms with Crippen LogP contribution in [0, 0.1) is 0 Å². The quantitative estimate of drug-likeness (QED) is 0.730. The van der Waals surface area contributed by atoms with Gasteiger partial charge in [0.25, 0.3) is 5.56 Å². The summed E-state index contributed by atoms with van der Waals surface area (Å²) in [4.78, 5) is 17.9. The minimum Gasteiger partial charge on any atom is -0.378 e. The number of halogens is 1. The summed E-state index contributed by atoms with van der Waals surface area (Å²) in [7, 11) is 0. The molecule has 2 heterocycles. The number of nitrogens with zero attached hydrogens (tertiary/aromatic N) is 1. The third-order valence-electron chi connectivity index (χ3n) is 4.37. The molecule has 2 aromatic carbocycles. The van der Waals surface area contributed by atoms with E-state index in [1.807, 2.05) is 42.5 Å². The van der Waals surface area contributed by atoms with Crippen LogP contribution in [-0.4, -0.2) is 31.3 Å². The predicted octanol–water partition coefficient (Wildman–Crippen LogP) is 3.79. The Balaban J connectivity index is 1.80. The molecule has 1 aliphatic heterocycles. The van der Waals surface area contributed by atoms with Crippen molar-refractivity contribution in [1.82, 2.24) is 4.98 Å². The maximum absolute atomic E-state index is 12.6. The number of rotatable bonds is 2. The van der Waals surface area contributed by atoms with E-state index in [-0.39, 0.29) is 5.56 Å². The number of nitrogens with one attached hydrogen (secondary N) is 1. The Kier molecular flexibility index (Phi) is 4.12. The van der Waals surface area contributed by atoms with Gasteiger partial charge in [0.05, 0.1) is 18.9 Å². The molecule has 0 amide bonds. The number of benzene rings is 2. The van der Waals surface area contributed by atoms with E-state index in [1.165, 1.54) is 0 Å². The Labute approximate surface area is 148 Å². The first kappa shape index (κ1) is 15.4. The summed E-state index contributed by atoms with van der Waals surface area (Å²) in [6, 6.07) is 16.0. The number of hydrogen-bond donors (Lipinski definition) is 1. The second-order valence-electron chi connectivity index (χ2n) is 5.86. The van der Waals surface area contributed by atoms with Crippen molar-refractivity contribution in [3.63, 3.8) is 0 Å². The van der Waals surface area contributed by atoms with Gasteiger partial charge < -0.3 is 14.6 Å².